The van der Waals surface area contributed by atoms with E-state index in [0.29, 0.717) is 0 Å². The predicted octanol–water partition coefficient (Wildman–Crippen LogP) is 2.32. The number of thioether (sulfide) groups is 1. The highest BCUT2D eigenvalue weighted by atomic mass is 32.2. The van der Waals surface area contributed by atoms with E-state index >= 15 is 0 Å². The van der Waals surface area contributed by atoms with Gasteiger partial charge in [0.1, 0.15) is 5.37 Å². The summed E-state index contributed by atoms with van der Waals surface area (Å²) in [7, 11) is 0. The molecule has 0 aromatic carbocycles. The first-order valence-corrected chi connectivity index (χ1v) is 7.76. The molecule has 3 nitrogen and oxygen atoms in total. The molecule has 0 unspecified atom stereocenters. The van der Waals surface area contributed by atoms with E-state index in [1.807, 2.05) is 11.8 Å². The highest BCUT2D eigenvalue weighted by molar-refractivity contribution is 8.01. The Balaban J connectivity index is 2.05. The van der Waals surface area contributed by atoms with Crippen molar-refractivity contribution in [3.8, 4) is 0 Å². The van der Waals surface area contributed by atoms with Gasteiger partial charge in [-0.25, -0.2) is 0 Å². The van der Waals surface area contributed by atoms with Gasteiger partial charge in [0.25, 0.3) is 0 Å². The van der Waals surface area contributed by atoms with Crippen LogP contribution in [-0.4, -0.2) is 35.7 Å². The highest BCUT2D eigenvalue weighted by Crippen LogP contribution is 2.43. The Kier molecular flexibility index (Phi) is 4.48. The normalized spacial score (nSPS) is 24.6. The molecule has 94 valence electrons. The summed E-state index contributed by atoms with van der Waals surface area (Å²) in [5.74, 6) is 0.270. The summed E-state index contributed by atoms with van der Waals surface area (Å²) in [4.78, 5) is 15.4. The van der Waals surface area contributed by atoms with E-state index in [4.69, 9.17) is 0 Å². The second-order valence-electron chi connectivity index (χ2n) is 4.03. The number of amides is 1. The van der Waals surface area contributed by atoms with E-state index in [1.165, 1.54) is 4.88 Å². The molecule has 5 heteroatoms. The fraction of sp³-hybridized carbons (Fsp3) is 0.583. The minimum atomic E-state index is 0.0868. The number of nitrogens with zero attached hydrogens (tertiary/aromatic N) is 1. The first-order chi connectivity index (χ1) is 8.24. The molecule has 1 aliphatic rings. The molecule has 0 spiro atoms. The first kappa shape index (κ1) is 12.9. The van der Waals surface area contributed by atoms with Gasteiger partial charge in [0.15, 0.2) is 0 Å². The maximum atomic E-state index is 12.1. The molecule has 1 aliphatic heterocycles. The smallest absolute Gasteiger partial charge is 0.236 e. The monoisotopic (exact) mass is 270 g/mol. The van der Waals surface area contributed by atoms with Crippen LogP contribution in [0.15, 0.2) is 17.5 Å². The number of carbonyl (C=O) groups excluding carboxylic acids is 1. The molecule has 1 saturated heterocycles. The largest absolute Gasteiger partial charge is 0.323 e. The number of hydrogen-bond acceptors (Lipinski definition) is 4. The third-order valence-electron chi connectivity index (χ3n) is 2.81. The van der Waals surface area contributed by atoms with Crippen LogP contribution in [0.5, 0.6) is 0 Å². The lowest BCUT2D eigenvalue weighted by Gasteiger charge is -2.23. The zero-order valence-electron chi connectivity index (χ0n) is 10.2. The summed E-state index contributed by atoms with van der Waals surface area (Å²) in [6, 6.07) is 4.17. The van der Waals surface area contributed by atoms with E-state index in [1.54, 1.807) is 23.1 Å². The molecule has 2 atom stereocenters. The SMILES string of the molecule is CCNCCN1C(=O)[C@@H](C)S[C@@H]1c1cccs1. The lowest BCUT2D eigenvalue weighted by atomic mass is 10.3. The molecule has 0 radical (unpaired) electrons. The van der Waals surface area contributed by atoms with Gasteiger partial charge >= 0.3 is 0 Å². The van der Waals surface area contributed by atoms with E-state index in [-0.39, 0.29) is 16.5 Å². The lowest BCUT2D eigenvalue weighted by molar-refractivity contribution is -0.129. The molecule has 1 amide bonds. The number of likely N-dealkylation sites (N-methyl/N-ethyl adjacent to an activating group) is 1. The van der Waals surface area contributed by atoms with Crippen LogP contribution >= 0.6 is 23.1 Å². The van der Waals surface area contributed by atoms with Gasteiger partial charge in [-0.3, -0.25) is 4.79 Å². The molecule has 0 bridgehead atoms. The summed E-state index contributed by atoms with van der Waals surface area (Å²) >= 11 is 3.49. The van der Waals surface area contributed by atoms with Crippen LogP contribution < -0.4 is 5.32 Å². The quantitative estimate of drug-likeness (QED) is 0.833. The summed E-state index contributed by atoms with van der Waals surface area (Å²) in [6.07, 6.45) is 0. The van der Waals surface area contributed by atoms with Crippen molar-refractivity contribution in [1.82, 2.24) is 10.2 Å². The van der Waals surface area contributed by atoms with Crippen molar-refractivity contribution in [3.05, 3.63) is 22.4 Å². The minimum absolute atomic E-state index is 0.0868. The van der Waals surface area contributed by atoms with Crippen molar-refractivity contribution in [2.24, 2.45) is 0 Å². The van der Waals surface area contributed by atoms with E-state index in [9.17, 15) is 4.79 Å². The molecule has 2 heterocycles. The van der Waals surface area contributed by atoms with Gasteiger partial charge in [-0.1, -0.05) is 13.0 Å². The number of nitrogens with one attached hydrogen (secondary N) is 1. The number of hydrogen-bond donors (Lipinski definition) is 1. The average molecular weight is 270 g/mol. The van der Waals surface area contributed by atoms with E-state index in [0.717, 1.165) is 19.6 Å². The van der Waals surface area contributed by atoms with Gasteiger partial charge in [0.2, 0.25) is 5.91 Å². The van der Waals surface area contributed by atoms with Gasteiger partial charge in [0.05, 0.1) is 5.25 Å². The third-order valence-corrected chi connectivity index (χ3v) is 5.26. The maximum Gasteiger partial charge on any atom is 0.236 e. The Morgan fingerprint density at radius 3 is 3.00 bits per heavy atom. The summed E-state index contributed by atoms with van der Waals surface area (Å²) in [6.45, 7) is 6.71. The second kappa shape index (κ2) is 5.89. The third kappa shape index (κ3) is 2.84. The standard InChI is InChI=1S/C12H18N2OS2/c1-3-13-6-7-14-11(15)9(2)17-12(14)10-5-4-8-16-10/h4-5,8-9,12-13H,3,6-7H2,1-2H3/t9-,12-/m1/s1. The van der Waals surface area contributed by atoms with Crippen molar-refractivity contribution in [2.75, 3.05) is 19.6 Å². The summed E-state index contributed by atoms with van der Waals surface area (Å²) < 4.78 is 0. The summed E-state index contributed by atoms with van der Waals surface area (Å²) in [5, 5.41) is 5.66. The van der Waals surface area contributed by atoms with Crippen molar-refractivity contribution < 1.29 is 4.79 Å². The fourth-order valence-corrected chi connectivity index (χ4v) is 4.19. The molecular weight excluding hydrogens is 252 g/mol. The van der Waals surface area contributed by atoms with Crippen LogP contribution in [0.3, 0.4) is 0 Å². The van der Waals surface area contributed by atoms with Crippen LogP contribution in [0.1, 0.15) is 24.1 Å². The molecule has 2 rings (SSSR count). The topological polar surface area (TPSA) is 32.3 Å². The lowest BCUT2D eigenvalue weighted by Crippen LogP contribution is -2.36. The van der Waals surface area contributed by atoms with Crippen LogP contribution in [0.2, 0.25) is 0 Å². The minimum Gasteiger partial charge on any atom is -0.323 e. The first-order valence-electron chi connectivity index (χ1n) is 5.94. The van der Waals surface area contributed by atoms with Crippen LogP contribution in [0.4, 0.5) is 0 Å². The highest BCUT2D eigenvalue weighted by Gasteiger charge is 2.38. The van der Waals surface area contributed by atoms with Crippen molar-refractivity contribution in [1.29, 1.82) is 0 Å². The molecule has 1 aromatic rings. The molecule has 17 heavy (non-hydrogen) atoms. The summed E-state index contributed by atoms with van der Waals surface area (Å²) in [5.41, 5.74) is 0. The Morgan fingerprint density at radius 1 is 1.53 bits per heavy atom. The Labute approximate surface area is 111 Å². The molecule has 0 aliphatic carbocycles. The number of carbonyl (C=O) groups is 1. The number of rotatable bonds is 5. The van der Waals surface area contributed by atoms with Gasteiger partial charge in [-0.05, 0) is 24.9 Å². The van der Waals surface area contributed by atoms with Crippen LogP contribution in [0.25, 0.3) is 0 Å². The zero-order valence-corrected chi connectivity index (χ0v) is 11.8. The van der Waals surface area contributed by atoms with Gasteiger partial charge < -0.3 is 10.2 Å². The van der Waals surface area contributed by atoms with Crippen molar-refractivity contribution >= 4 is 29.0 Å². The van der Waals surface area contributed by atoms with Crippen molar-refractivity contribution in [3.63, 3.8) is 0 Å². The average Bonchev–Trinajstić information content (AvgIpc) is 2.92. The Hall–Kier alpha value is -0.520. The molecule has 1 aromatic heterocycles. The number of thiophene rings is 1. The molecule has 1 N–H and O–H groups in total. The fourth-order valence-electron chi connectivity index (χ4n) is 1.93. The van der Waals surface area contributed by atoms with Crippen LogP contribution in [0, 0.1) is 0 Å². The Bertz CT molecular complexity index is 367. The molecular formula is C12H18N2OS2. The van der Waals surface area contributed by atoms with E-state index < -0.39 is 0 Å². The second-order valence-corrected chi connectivity index (χ2v) is 6.44. The predicted molar refractivity (Wildman–Crippen MR) is 74.4 cm³/mol. The maximum absolute atomic E-state index is 12.1. The zero-order chi connectivity index (χ0) is 12.3. The molecule has 0 saturated carbocycles. The van der Waals surface area contributed by atoms with Gasteiger partial charge in [0, 0.05) is 18.0 Å². The van der Waals surface area contributed by atoms with E-state index in [2.05, 4.69) is 29.8 Å². The van der Waals surface area contributed by atoms with Gasteiger partial charge in [-0.15, -0.1) is 23.1 Å². The van der Waals surface area contributed by atoms with Crippen molar-refractivity contribution in [2.45, 2.75) is 24.5 Å². The van der Waals surface area contributed by atoms with Gasteiger partial charge in [-0.2, -0.15) is 0 Å². The Morgan fingerprint density at radius 2 is 2.35 bits per heavy atom. The molecule has 1 fully saturated rings. The van der Waals surface area contributed by atoms with Crippen LogP contribution in [-0.2, 0) is 4.79 Å².